The molecular formula is C16H21N5OS. The van der Waals surface area contributed by atoms with Crippen molar-refractivity contribution in [3.8, 4) is 0 Å². The Morgan fingerprint density at radius 1 is 1.39 bits per heavy atom. The van der Waals surface area contributed by atoms with Crippen LogP contribution in [0.5, 0.6) is 0 Å². The van der Waals surface area contributed by atoms with Crippen LogP contribution in [0.3, 0.4) is 0 Å². The summed E-state index contributed by atoms with van der Waals surface area (Å²) in [7, 11) is 0. The molecule has 2 aliphatic rings. The summed E-state index contributed by atoms with van der Waals surface area (Å²) in [4.78, 5) is 27.1. The zero-order valence-electron chi connectivity index (χ0n) is 13.0. The number of nitrogens with zero attached hydrogens (tertiary/aromatic N) is 3. The van der Waals surface area contributed by atoms with Crippen molar-refractivity contribution in [2.24, 2.45) is 0 Å². The fourth-order valence-corrected chi connectivity index (χ4v) is 4.56. The molecule has 0 saturated carbocycles. The van der Waals surface area contributed by atoms with E-state index in [1.165, 1.54) is 28.4 Å². The maximum Gasteiger partial charge on any atom is 0.290 e. The molecule has 3 heterocycles. The molecule has 1 saturated heterocycles. The van der Waals surface area contributed by atoms with E-state index in [0.29, 0.717) is 11.9 Å². The molecule has 7 heteroatoms. The van der Waals surface area contributed by atoms with Crippen LogP contribution in [0.2, 0.25) is 0 Å². The third kappa shape index (κ3) is 3.16. The van der Waals surface area contributed by atoms with Gasteiger partial charge >= 0.3 is 0 Å². The van der Waals surface area contributed by atoms with E-state index in [9.17, 15) is 4.79 Å². The van der Waals surface area contributed by atoms with Crippen molar-refractivity contribution in [2.45, 2.75) is 44.7 Å². The van der Waals surface area contributed by atoms with Crippen LogP contribution in [0.4, 0.5) is 5.82 Å². The average molecular weight is 331 g/mol. The third-order valence-electron chi connectivity index (χ3n) is 4.59. The van der Waals surface area contributed by atoms with Crippen LogP contribution in [-0.2, 0) is 19.4 Å². The SMILES string of the molecule is O=c1[nH]ccnc1N1CCC[C@@H](NCc2nc3c(s2)CCC3)C1. The first kappa shape index (κ1) is 14.8. The molecule has 6 nitrogen and oxygen atoms in total. The number of H-pyrrole nitrogens is 1. The van der Waals surface area contributed by atoms with Gasteiger partial charge in [-0.25, -0.2) is 9.97 Å². The summed E-state index contributed by atoms with van der Waals surface area (Å²) >= 11 is 1.86. The molecule has 1 aliphatic heterocycles. The van der Waals surface area contributed by atoms with Gasteiger partial charge in [-0.1, -0.05) is 0 Å². The fourth-order valence-electron chi connectivity index (χ4n) is 3.46. The van der Waals surface area contributed by atoms with Gasteiger partial charge in [0.15, 0.2) is 5.82 Å². The van der Waals surface area contributed by atoms with Gasteiger partial charge in [0.2, 0.25) is 0 Å². The highest BCUT2D eigenvalue weighted by molar-refractivity contribution is 7.11. The molecule has 2 N–H and O–H groups in total. The van der Waals surface area contributed by atoms with E-state index >= 15 is 0 Å². The minimum Gasteiger partial charge on any atom is -0.350 e. The zero-order valence-corrected chi connectivity index (χ0v) is 13.9. The number of hydrogen-bond acceptors (Lipinski definition) is 6. The van der Waals surface area contributed by atoms with E-state index in [0.717, 1.165) is 38.9 Å². The van der Waals surface area contributed by atoms with Crippen molar-refractivity contribution in [3.63, 3.8) is 0 Å². The van der Waals surface area contributed by atoms with Gasteiger partial charge in [-0.2, -0.15) is 0 Å². The summed E-state index contributed by atoms with van der Waals surface area (Å²) in [6.45, 7) is 2.55. The van der Waals surface area contributed by atoms with Gasteiger partial charge in [0.05, 0.1) is 5.69 Å². The molecule has 0 aromatic carbocycles. The largest absolute Gasteiger partial charge is 0.350 e. The molecule has 0 radical (unpaired) electrons. The Morgan fingerprint density at radius 2 is 2.35 bits per heavy atom. The first-order chi connectivity index (χ1) is 11.3. The highest BCUT2D eigenvalue weighted by atomic mass is 32.1. The summed E-state index contributed by atoms with van der Waals surface area (Å²) in [5.41, 5.74) is 1.21. The van der Waals surface area contributed by atoms with Gasteiger partial charge in [0.25, 0.3) is 5.56 Å². The Bertz CT molecular complexity index is 719. The summed E-state index contributed by atoms with van der Waals surface area (Å²) in [5.74, 6) is 0.534. The standard InChI is InChI=1S/C16H21N5OS/c22-16-15(17-6-7-18-16)21-8-2-3-11(10-21)19-9-14-20-12-4-1-5-13(12)23-14/h6-7,11,19H,1-5,8-10H2,(H,18,22)/t11-/m1/s1. The highest BCUT2D eigenvalue weighted by Gasteiger charge is 2.23. The molecule has 0 spiro atoms. The van der Waals surface area contributed by atoms with Crippen molar-refractivity contribution in [1.29, 1.82) is 0 Å². The molecule has 0 bridgehead atoms. The summed E-state index contributed by atoms with van der Waals surface area (Å²) < 4.78 is 0. The van der Waals surface area contributed by atoms with Gasteiger partial charge in [0.1, 0.15) is 5.01 Å². The molecule has 0 amide bonds. The lowest BCUT2D eigenvalue weighted by Crippen LogP contribution is -2.47. The summed E-state index contributed by atoms with van der Waals surface area (Å²) in [5, 5.41) is 4.81. The topological polar surface area (TPSA) is 73.9 Å². The van der Waals surface area contributed by atoms with E-state index in [1.54, 1.807) is 12.4 Å². The van der Waals surface area contributed by atoms with Crippen LogP contribution in [-0.4, -0.2) is 34.1 Å². The average Bonchev–Trinajstić information content (AvgIpc) is 3.15. The highest BCUT2D eigenvalue weighted by Crippen LogP contribution is 2.27. The predicted molar refractivity (Wildman–Crippen MR) is 91.1 cm³/mol. The van der Waals surface area contributed by atoms with Gasteiger partial charge in [-0.3, -0.25) is 4.79 Å². The first-order valence-electron chi connectivity index (χ1n) is 8.29. The number of aromatic amines is 1. The van der Waals surface area contributed by atoms with Crippen LogP contribution >= 0.6 is 11.3 Å². The van der Waals surface area contributed by atoms with Gasteiger partial charge in [-0.05, 0) is 32.1 Å². The molecule has 2 aromatic heterocycles. The number of thiazole rings is 1. The molecule has 1 fully saturated rings. The first-order valence-corrected chi connectivity index (χ1v) is 9.11. The Labute approximate surface area is 139 Å². The smallest absolute Gasteiger partial charge is 0.290 e. The minimum atomic E-state index is -0.107. The number of hydrogen-bond donors (Lipinski definition) is 2. The monoisotopic (exact) mass is 331 g/mol. The number of piperidine rings is 1. The van der Waals surface area contributed by atoms with E-state index in [1.807, 2.05) is 11.3 Å². The molecule has 122 valence electrons. The Balaban J connectivity index is 1.37. The Kier molecular flexibility index (Phi) is 4.13. The summed E-state index contributed by atoms with van der Waals surface area (Å²) in [6.07, 6.45) is 9.03. The van der Waals surface area contributed by atoms with Crippen molar-refractivity contribution in [1.82, 2.24) is 20.3 Å². The molecule has 1 atom stereocenters. The lowest BCUT2D eigenvalue weighted by atomic mass is 10.1. The number of nitrogens with one attached hydrogen (secondary N) is 2. The van der Waals surface area contributed by atoms with Crippen LogP contribution in [0.25, 0.3) is 0 Å². The van der Waals surface area contributed by atoms with E-state index < -0.39 is 0 Å². The van der Waals surface area contributed by atoms with E-state index in [-0.39, 0.29) is 5.56 Å². The van der Waals surface area contributed by atoms with Crippen molar-refractivity contribution < 1.29 is 0 Å². The number of anilines is 1. The number of aromatic nitrogens is 3. The molecule has 2 aromatic rings. The third-order valence-corrected chi connectivity index (χ3v) is 5.75. The van der Waals surface area contributed by atoms with E-state index in [4.69, 9.17) is 4.98 Å². The van der Waals surface area contributed by atoms with Gasteiger partial charge in [-0.15, -0.1) is 11.3 Å². The molecule has 0 unspecified atom stereocenters. The molecule has 4 rings (SSSR count). The van der Waals surface area contributed by atoms with Crippen molar-refractivity contribution in [2.75, 3.05) is 18.0 Å². The van der Waals surface area contributed by atoms with Gasteiger partial charge in [0, 0.05) is 42.9 Å². The lowest BCUT2D eigenvalue weighted by Gasteiger charge is -2.33. The van der Waals surface area contributed by atoms with Crippen LogP contribution in [0.1, 0.15) is 34.8 Å². The summed E-state index contributed by atoms with van der Waals surface area (Å²) in [6, 6.07) is 0.379. The Hall–Kier alpha value is -1.73. The molecule has 1 aliphatic carbocycles. The lowest BCUT2D eigenvalue weighted by molar-refractivity contribution is 0.419. The quantitative estimate of drug-likeness (QED) is 0.887. The number of aryl methyl sites for hydroxylation is 2. The molecule has 23 heavy (non-hydrogen) atoms. The second kappa shape index (κ2) is 6.41. The Morgan fingerprint density at radius 3 is 3.22 bits per heavy atom. The van der Waals surface area contributed by atoms with Crippen molar-refractivity contribution in [3.05, 3.63) is 38.3 Å². The molecular weight excluding hydrogens is 310 g/mol. The second-order valence-corrected chi connectivity index (χ2v) is 7.41. The second-order valence-electron chi connectivity index (χ2n) is 6.24. The van der Waals surface area contributed by atoms with Crippen molar-refractivity contribution >= 4 is 17.2 Å². The van der Waals surface area contributed by atoms with Crippen LogP contribution < -0.4 is 15.8 Å². The normalized spacial score (nSPS) is 20.7. The van der Waals surface area contributed by atoms with Gasteiger partial charge < -0.3 is 15.2 Å². The van der Waals surface area contributed by atoms with Crippen LogP contribution in [0, 0.1) is 0 Å². The zero-order chi connectivity index (χ0) is 15.6. The maximum absolute atomic E-state index is 11.9. The van der Waals surface area contributed by atoms with E-state index in [2.05, 4.69) is 20.2 Å². The maximum atomic E-state index is 11.9. The minimum absolute atomic E-state index is 0.107. The predicted octanol–water partition coefficient (Wildman–Crippen LogP) is 1.47. The number of fused-ring (bicyclic) bond motifs is 1. The van der Waals surface area contributed by atoms with Crippen LogP contribution in [0.15, 0.2) is 17.2 Å². The number of rotatable bonds is 4. The fraction of sp³-hybridized carbons (Fsp3) is 0.562.